The van der Waals surface area contributed by atoms with E-state index in [1.54, 1.807) is 6.92 Å². The molecule has 0 fully saturated rings. The Balaban J connectivity index is 3.15. The van der Waals surface area contributed by atoms with E-state index >= 15 is 0 Å². The van der Waals surface area contributed by atoms with Gasteiger partial charge in [0.05, 0.1) is 11.0 Å². The van der Waals surface area contributed by atoms with E-state index in [1.807, 2.05) is 20.8 Å². The molecule has 0 saturated heterocycles. The van der Waals surface area contributed by atoms with Crippen molar-refractivity contribution in [2.45, 2.75) is 33.1 Å². The van der Waals surface area contributed by atoms with Crippen molar-refractivity contribution >= 4 is 0 Å². The van der Waals surface area contributed by atoms with Gasteiger partial charge >= 0.3 is 0 Å². The smallest absolute Gasteiger partial charge is 0.0622 e. The van der Waals surface area contributed by atoms with E-state index < -0.39 is 35.6 Å². The van der Waals surface area contributed by atoms with Gasteiger partial charge in [0.25, 0.3) is 0 Å². The highest BCUT2D eigenvalue weighted by Gasteiger charge is 2.18. The SMILES string of the molecule is [2H]c1c([2H])c([2H])c(-c2c([2H])c([2H])c(C)c([2H])c2C(C)(C)C)c([2H])c1[2H]. The van der Waals surface area contributed by atoms with E-state index in [0.29, 0.717) is 11.1 Å². The van der Waals surface area contributed by atoms with Gasteiger partial charge < -0.3 is 0 Å². The molecule has 0 aromatic heterocycles. The molecule has 0 spiro atoms. The van der Waals surface area contributed by atoms with Crippen molar-refractivity contribution in [3.8, 4) is 11.1 Å². The summed E-state index contributed by atoms with van der Waals surface area (Å²) in [6, 6.07) is -2.66. The van der Waals surface area contributed by atoms with E-state index in [9.17, 15) is 0 Å². The van der Waals surface area contributed by atoms with E-state index in [-0.39, 0.29) is 29.3 Å². The average Bonchev–Trinajstić information content (AvgIpc) is 2.52. The van der Waals surface area contributed by atoms with Crippen LogP contribution in [0.4, 0.5) is 0 Å². The molecule has 0 heterocycles. The van der Waals surface area contributed by atoms with Gasteiger partial charge in [-0.05, 0) is 29.0 Å². The van der Waals surface area contributed by atoms with Crippen LogP contribution in [0.2, 0.25) is 0 Å². The number of hydrogen-bond acceptors (Lipinski definition) is 0. The van der Waals surface area contributed by atoms with Crippen LogP contribution in [0.1, 0.15) is 42.9 Å². The zero-order valence-electron chi connectivity index (χ0n) is 18.5. The average molecular weight is 232 g/mol. The van der Waals surface area contributed by atoms with E-state index in [4.69, 9.17) is 11.0 Å². The lowest BCUT2D eigenvalue weighted by Gasteiger charge is -2.23. The van der Waals surface area contributed by atoms with Gasteiger partial charge in [-0.25, -0.2) is 0 Å². The van der Waals surface area contributed by atoms with Gasteiger partial charge in [0.1, 0.15) is 0 Å². The van der Waals surface area contributed by atoms with Crippen LogP contribution < -0.4 is 0 Å². The Morgan fingerprint density at radius 3 is 2.18 bits per heavy atom. The molecule has 0 aliphatic heterocycles. The monoisotopic (exact) mass is 232 g/mol. The quantitative estimate of drug-likeness (QED) is 0.652. The summed E-state index contributed by atoms with van der Waals surface area (Å²) in [5.74, 6) is 0. The fourth-order valence-corrected chi connectivity index (χ4v) is 1.62. The van der Waals surface area contributed by atoms with Gasteiger partial charge in [-0.3, -0.25) is 0 Å². The lowest BCUT2D eigenvalue weighted by molar-refractivity contribution is 0.591. The van der Waals surface area contributed by atoms with Gasteiger partial charge in [-0.15, -0.1) is 0 Å². The third-order valence-corrected chi connectivity index (χ3v) is 2.44. The van der Waals surface area contributed by atoms with Crippen LogP contribution in [0.25, 0.3) is 11.1 Å². The molecule has 0 amide bonds. The third-order valence-electron chi connectivity index (χ3n) is 2.44. The topological polar surface area (TPSA) is 0 Å². The first-order valence-electron chi connectivity index (χ1n) is 9.50. The maximum atomic E-state index is 8.41. The lowest BCUT2D eigenvalue weighted by Crippen LogP contribution is -2.13. The zero-order valence-corrected chi connectivity index (χ0v) is 10.5. The molecular weight excluding hydrogens is 204 g/mol. The molecule has 0 unspecified atom stereocenters. The van der Waals surface area contributed by atoms with Crippen molar-refractivity contribution in [1.82, 2.24) is 0 Å². The molecular formula is C17H20. The van der Waals surface area contributed by atoms with Crippen molar-refractivity contribution in [3.63, 3.8) is 0 Å². The molecule has 0 nitrogen and oxygen atoms in total. The van der Waals surface area contributed by atoms with Gasteiger partial charge in [-0.2, -0.15) is 0 Å². The summed E-state index contributed by atoms with van der Waals surface area (Å²) in [4.78, 5) is 0. The summed E-state index contributed by atoms with van der Waals surface area (Å²) in [6.07, 6.45) is 0. The second-order valence-corrected chi connectivity index (χ2v) is 5.00. The Morgan fingerprint density at radius 2 is 1.59 bits per heavy atom. The Hall–Kier alpha value is -1.56. The summed E-state index contributed by atoms with van der Waals surface area (Å²) in [5.41, 5.74) is 0.0902. The summed E-state index contributed by atoms with van der Waals surface area (Å²) < 4.78 is 64.7. The van der Waals surface area contributed by atoms with Crippen LogP contribution in [0.15, 0.2) is 48.3 Å². The highest BCUT2D eigenvalue weighted by Crippen LogP contribution is 2.33. The first kappa shape index (κ1) is 5.39. The van der Waals surface area contributed by atoms with Crippen LogP contribution in [0.5, 0.6) is 0 Å². The minimum absolute atomic E-state index is 0.0651. The molecule has 2 rings (SSSR count). The minimum Gasteiger partial charge on any atom is -0.0622 e. The van der Waals surface area contributed by atoms with Gasteiger partial charge in [0.2, 0.25) is 0 Å². The Morgan fingerprint density at radius 1 is 0.941 bits per heavy atom. The van der Waals surface area contributed by atoms with Crippen molar-refractivity contribution < 1.29 is 11.0 Å². The molecule has 0 N–H and O–H groups in total. The van der Waals surface area contributed by atoms with E-state index in [2.05, 4.69) is 0 Å². The Kier molecular flexibility index (Phi) is 1.38. The van der Waals surface area contributed by atoms with Gasteiger partial charge in [-0.1, -0.05) is 74.7 Å². The van der Waals surface area contributed by atoms with Crippen LogP contribution in [-0.4, -0.2) is 0 Å². The summed E-state index contributed by atoms with van der Waals surface area (Å²) in [5, 5.41) is 0. The predicted molar refractivity (Wildman–Crippen MR) is 75.3 cm³/mol. The molecule has 2 aromatic carbocycles. The first-order chi connectivity index (χ1) is 11.3. The van der Waals surface area contributed by atoms with E-state index in [1.165, 1.54) is 0 Å². The zero-order chi connectivity index (χ0) is 19.4. The largest absolute Gasteiger partial charge is 0.0629 e. The van der Waals surface area contributed by atoms with Crippen molar-refractivity contribution in [2.24, 2.45) is 0 Å². The minimum atomic E-state index is -0.608. The Labute approximate surface area is 116 Å². The molecule has 2 aromatic rings. The molecule has 0 radical (unpaired) electrons. The molecule has 0 aliphatic rings. The summed E-state index contributed by atoms with van der Waals surface area (Å²) >= 11 is 0. The lowest BCUT2D eigenvalue weighted by atomic mass is 9.81. The van der Waals surface area contributed by atoms with Gasteiger partial charge in [0.15, 0.2) is 0 Å². The maximum Gasteiger partial charge on any atom is 0.0629 e. The second kappa shape index (κ2) is 4.37. The summed E-state index contributed by atoms with van der Waals surface area (Å²) in [7, 11) is 0. The number of benzene rings is 2. The normalized spacial score (nSPS) is 18.1. The second-order valence-electron chi connectivity index (χ2n) is 5.00. The fourth-order valence-electron chi connectivity index (χ4n) is 1.62. The van der Waals surface area contributed by atoms with Crippen LogP contribution in [-0.2, 0) is 5.41 Å². The van der Waals surface area contributed by atoms with Crippen LogP contribution in [0, 0.1) is 6.92 Å². The fraction of sp³-hybridized carbons (Fsp3) is 0.294. The highest BCUT2D eigenvalue weighted by atomic mass is 14.2. The molecule has 0 atom stereocenters. The first-order valence-corrected chi connectivity index (χ1v) is 5.50. The van der Waals surface area contributed by atoms with Crippen molar-refractivity contribution in [2.75, 3.05) is 0 Å². The number of hydrogen-bond donors (Lipinski definition) is 0. The highest BCUT2D eigenvalue weighted by molar-refractivity contribution is 5.69. The number of rotatable bonds is 1. The standard InChI is InChI=1S/C17H20/c1-13-10-11-15(14-8-6-5-7-9-14)16(12-13)17(2,3)4/h5-12H,1-4H3/i5D,6D,7D,8D,9D,10D,11D,12D. The predicted octanol–water partition coefficient (Wildman–Crippen LogP) is 4.96. The summed E-state index contributed by atoms with van der Waals surface area (Å²) in [6.45, 7) is 7.09. The van der Waals surface area contributed by atoms with E-state index in [0.717, 1.165) is 0 Å². The van der Waals surface area contributed by atoms with Crippen LogP contribution in [0.3, 0.4) is 0 Å². The molecule has 88 valence electrons. The molecule has 0 heteroatoms. The molecule has 17 heavy (non-hydrogen) atoms. The molecule has 0 aliphatic carbocycles. The van der Waals surface area contributed by atoms with Gasteiger partial charge in [0, 0.05) is 0 Å². The maximum absolute atomic E-state index is 8.41. The third kappa shape index (κ3) is 2.58. The molecule has 0 saturated carbocycles. The molecule has 0 bridgehead atoms. The Bertz CT molecular complexity index is 849. The van der Waals surface area contributed by atoms with Crippen molar-refractivity contribution in [1.29, 1.82) is 0 Å². The van der Waals surface area contributed by atoms with Crippen molar-refractivity contribution in [3.05, 3.63) is 59.5 Å². The van der Waals surface area contributed by atoms with Crippen LogP contribution >= 0.6 is 0 Å².